The largest absolute Gasteiger partial charge is 0.370 e. The van der Waals surface area contributed by atoms with Gasteiger partial charge in [0.2, 0.25) is 5.91 Å². The molecule has 1 aromatic heterocycles. The fraction of sp³-hybridized carbons (Fsp3) is 0.333. The van der Waals surface area contributed by atoms with Crippen molar-refractivity contribution in [3.8, 4) is 0 Å². The lowest BCUT2D eigenvalue weighted by Gasteiger charge is -2.18. The fourth-order valence-electron chi connectivity index (χ4n) is 2.62. The normalized spacial score (nSPS) is 11.9. The summed E-state index contributed by atoms with van der Waals surface area (Å²) in [7, 11) is -4.15. The van der Waals surface area contributed by atoms with Crippen molar-refractivity contribution in [3.63, 3.8) is 0 Å². The van der Waals surface area contributed by atoms with E-state index in [1.807, 2.05) is 4.72 Å². The second-order valence-corrected chi connectivity index (χ2v) is 8.77. The first kappa shape index (κ1) is 24.9. The number of carbonyl (C=O) groups excluding carboxylic acids is 2. The molecule has 0 bridgehead atoms. The lowest BCUT2D eigenvalue weighted by molar-refractivity contribution is -0.123. The van der Waals surface area contributed by atoms with E-state index < -0.39 is 28.0 Å². The van der Waals surface area contributed by atoms with Crippen molar-refractivity contribution in [2.45, 2.75) is 30.2 Å². The summed E-state index contributed by atoms with van der Waals surface area (Å²) in [5.74, 6) is -0.571. The van der Waals surface area contributed by atoms with Crippen molar-refractivity contribution in [2.24, 2.45) is 16.5 Å². The summed E-state index contributed by atoms with van der Waals surface area (Å²) >= 11 is 5.76. The number of imidazole rings is 1. The van der Waals surface area contributed by atoms with Crippen LogP contribution in [-0.4, -0.2) is 55.4 Å². The van der Waals surface area contributed by atoms with Crippen LogP contribution in [0.15, 0.2) is 46.7 Å². The van der Waals surface area contributed by atoms with Crippen LogP contribution in [0.4, 0.5) is 4.79 Å². The van der Waals surface area contributed by atoms with Gasteiger partial charge in [-0.2, -0.15) is 0 Å². The SMILES string of the molecule is NC(N)=NCCC[C@H](NC(=O)NS(=O)(=O)c1ccc(Cl)cc1)C(=O)NCCc1cnc[nH]1. The molecule has 0 aliphatic carbocycles. The van der Waals surface area contributed by atoms with Crippen molar-refractivity contribution >= 4 is 39.5 Å². The van der Waals surface area contributed by atoms with E-state index in [1.165, 1.54) is 30.6 Å². The zero-order chi connectivity index (χ0) is 23.6. The number of nitrogens with two attached hydrogens (primary N) is 2. The predicted molar refractivity (Wildman–Crippen MR) is 119 cm³/mol. The van der Waals surface area contributed by atoms with Crippen LogP contribution in [0.3, 0.4) is 0 Å². The first-order valence-electron chi connectivity index (χ1n) is 9.56. The van der Waals surface area contributed by atoms with Gasteiger partial charge in [0.15, 0.2) is 5.96 Å². The quantitative estimate of drug-likeness (QED) is 0.144. The minimum atomic E-state index is -4.15. The molecular formula is C18H25ClN8O4S. The van der Waals surface area contributed by atoms with Crippen LogP contribution in [0.5, 0.6) is 0 Å². The Morgan fingerprint density at radius 1 is 1.22 bits per heavy atom. The van der Waals surface area contributed by atoms with Gasteiger partial charge in [-0.1, -0.05) is 11.6 Å². The van der Waals surface area contributed by atoms with E-state index in [9.17, 15) is 18.0 Å². The number of carbonyl (C=O) groups is 2. The standard InChI is InChI=1S/C18H25ClN8O4S/c19-12-3-5-14(6-4-12)32(30,31)27-18(29)26-15(2-1-8-24-17(20)21)16(28)23-9-7-13-10-22-11-25-13/h3-6,10-11,15H,1-2,7-9H2,(H,22,25)(H,23,28)(H4,20,21,24)(H2,26,27,29)/t15-/m0/s1. The maximum atomic E-state index is 12.6. The Balaban J connectivity index is 1.98. The van der Waals surface area contributed by atoms with Gasteiger partial charge in [-0.3, -0.25) is 9.79 Å². The van der Waals surface area contributed by atoms with Gasteiger partial charge < -0.3 is 27.1 Å². The Morgan fingerprint density at radius 3 is 2.56 bits per heavy atom. The predicted octanol–water partition coefficient (Wildman–Crippen LogP) is -0.168. The van der Waals surface area contributed by atoms with Crippen molar-refractivity contribution in [1.82, 2.24) is 25.3 Å². The summed E-state index contributed by atoms with van der Waals surface area (Å²) in [4.78, 5) is 35.4. The summed E-state index contributed by atoms with van der Waals surface area (Å²) in [6.07, 6.45) is 4.22. The van der Waals surface area contributed by atoms with Crippen molar-refractivity contribution in [3.05, 3.63) is 47.5 Å². The van der Waals surface area contributed by atoms with E-state index >= 15 is 0 Å². The molecule has 0 spiro atoms. The number of rotatable bonds is 11. The topological polar surface area (TPSA) is 197 Å². The van der Waals surface area contributed by atoms with E-state index in [1.54, 1.807) is 6.20 Å². The van der Waals surface area contributed by atoms with Crippen LogP contribution in [0.25, 0.3) is 0 Å². The molecule has 0 fully saturated rings. The van der Waals surface area contributed by atoms with Gasteiger partial charge in [0.25, 0.3) is 10.0 Å². The molecule has 32 heavy (non-hydrogen) atoms. The molecule has 0 saturated carbocycles. The molecule has 0 saturated heterocycles. The summed E-state index contributed by atoms with van der Waals surface area (Å²) in [6, 6.07) is 3.22. The molecule has 0 unspecified atom stereocenters. The molecule has 1 aromatic carbocycles. The highest BCUT2D eigenvalue weighted by molar-refractivity contribution is 7.90. The zero-order valence-corrected chi connectivity index (χ0v) is 18.6. The lowest BCUT2D eigenvalue weighted by Crippen LogP contribution is -2.51. The molecule has 174 valence electrons. The van der Waals surface area contributed by atoms with Crippen LogP contribution in [0.2, 0.25) is 5.02 Å². The van der Waals surface area contributed by atoms with E-state index in [4.69, 9.17) is 23.1 Å². The molecule has 0 radical (unpaired) electrons. The van der Waals surface area contributed by atoms with E-state index in [0.29, 0.717) is 17.9 Å². The number of aromatic nitrogens is 2. The maximum Gasteiger partial charge on any atom is 0.329 e. The van der Waals surface area contributed by atoms with Gasteiger partial charge >= 0.3 is 6.03 Å². The zero-order valence-electron chi connectivity index (χ0n) is 17.0. The first-order chi connectivity index (χ1) is 15.2. The van der Waals surface area contributed by atoms with Gasteiger partial charge in [0, 0.05) is 36.4 Å². The van der Waals surface area contributed by atoms with Crippen molar-refractivity contribution < 1.29 is 18.0 Å². The van der Waals surface area contributed by atoms with Gasteiger partial charge in [-0.15, -0.1) is 0 Å². The molecule has 14 heteroatoms. The number of H-pyrrole nitrogens is 1. The number of urea groups is 1. The van der Waals surface area contributed by atoms with E-state index in [2.05, 4.69) is 25.6 Å². The number of halogens is 1. The van der Waals surface area contributed by atoms with Gasteiger partial charge in [-0.25, -0.2) is 22.9 Å². The molecule has 1 atom stereocenters. The number of benzene rings is 1. The fourth-order valence-corrected chi connectivity index (χ4v) is 3.66. The number of aliphatic imine (C=N–C) groups is 1. The highest BCUT2D eigenvalue weighted by Crippen LogP contribution is 2.13. The summed E-state index contributed by atoms with van der Waals surface area (Å²) in [6.45, 7) is 0.532. The smallest absolute Gasteiger partial charge is 0.329 e. The third-order valence-electron chi connectivity index (χ3n) is 4.17. The average Bonchev–Trinajstić information content (AvgIpc) is 3.23. The minimum absolute atomic E-state index is 0.0923. The Morgan fingerprint density at radius 2 is 1.94 bits per heavy atom. The molecule has 2 aromatic rings. The summed E-state index contributed by atoms with van der Waals surface area (Å²) < 4.78 is 26.6. The number of hydrogen-bond donors (Lipinski definition) is 6. The summed E-state index contributed by atoms with van der Waals surface area (Å²) in [5, 5.41) is 5.43. The average molecular weight is 485 g/mol. The second-order valence-electron chi connectivity index (χ2n) is 6.65. The number of sulfonamides is 1. The molecule has 0 aliphatic rings. The number of hydrogen-bond acceptors (Lipinski definition) is 6. The highest BCUT2D eigenvalue weighted by Gasteiger charge is 2.23. The Bertz CT molecular complexity index is 1020. The third kappa shape index (κ3) is 8.43. The number of nitrogens with zero attached hydrogens (tertiary/aromatic N) is 2. The van der Waals surface area contributed by atoms with Crippen LogP contribution < -0.4 is 26.8 Å². The molecule has 1 heterocycles. The minimum Gasteiger partial charge on any atom is -0.370 e. The third-order valence-corrected chi connectivity index (χ3v) is 5.77. The van der Waals surface area contributed by atoms with Crippen LogP contribution in [0, 0.1) is 0 Å². The number of guanidine groups is 1. The Labute approximate surface area is 190 Å². The van der Waals surface area contributed by atoms with Gasteiger partial charge in [-0.05, 0) is 37.1 Å². The van der Waals surface area contributed by atoms with Gasteiger partial charge in [0.05, 0.1) is 11.2 Å². The molecule has 12 nitrogen and oxygen atoms in total. The van der Waals surface area contributed by atoms with Crippen molar-refractivity contribution in [2.75, 3.05) is 13.1 Å². The highest BCUT2D eigenvalue weighted by atomic mass is 35.5. The van der Waals surface area contributed by atoms with Crippen LogP contribution in [0.1, 0.15) is 18.5 Å². The molecule has 3 amide bonds. The molecule has 0 aliphatic heterocycles. The van der Waals surface area contributed by atoms with Gasteiger partial charge in [0.1, 0.15) is 6.04 Å². The monoisotopic (exact) mass is 484 g/mol. The molecule has 2 rings (SSSR count). The molecular weight excluding hydrogens is 460 g/mol. The second kappa shape index (κ2) is 11.9. The molecule has 8 N–H and O–H groups in total. The van der Waals surface area contributed by atoms with Crippen LogP contribution >= 0.6 is 11.6 Å². The Kier molecular flexibility index (Phi) is 9.28. The first-order valence-corrected chi connectivity index (χ1v) is 11.4. The van der Waals surface area contributed by atoms with E-state index in [0.717, 1.165) is 5.69 Å². The number of amides is 3. The Hall–Kier alpha value is -3.32. The van der Waals surface area contributed by atoms with Crippen molar-refractivity contribution in [1.29, 1.82) is 0 Å². The summed E-state index contributed by atoms with van der Waals surface area (Å²) in [5.41, 5.74) is 11.4. The number of nitrogens with one attached hydrogen (secondary N) is 4. The van der Waals surface area contributed by atoms with Crippen LogP contribution in [-0.2, 0) is 21.2 Å². The van der Waals surface area contributed by atoms with E-state index in [-0.39, 0.29) is 30.4 Å². The lowest BCUT2D eigenvalue weighted by atomic mass is 10.1. The number of aromatic amines is 1. The maximum absolute atomic E-state index is 12.6.